The average molecular weight is 292 g/mol. The molecule has 0 aliphatic heterocycles. The molecular weight excluding hydrogens is 276 g/mol. The summed E-state index contributed by atoms with van der Waals surface area (Å²) >= 11 is 0. The maximum absolute atomic E-state index is 12.1. The van der Waals surface area contributed by atoms with Crippen molar-refractivity contribution in [2.75, 3.05) is 11.1 Å². The molecule has 22 heavy (non-hydrogen) atoms. The monoisotopic (exact) mass is 292 g/mol. The van der Waals surface area contributed by atoms with Crippen molar-refractivity contribution in [1.29, 1.82) is 0 Å². The molecule has 0 saturated carbocycles. The van der Waals surface area contributed by atoms with Gasteiger partial charge in [0.05, 0.1) is 23.3 Å². The van der Waals surface area contributed by atoms with Crippen LogP contribution in [0.5, 0.6) is 0 Å². The van der Waals surface area contributed by atoms with E-state index in [0.29, 0.717) is 17.2 Å². The van der Waals surface area contributed by atoms with Crippen LogP contribution in [0.2, 0.25) is 0 Å². The van der Waals surface area contributed by atoms with Crippen molar-refractivity contribution in [2.24, 2.45) is 0 Å². The zero-order valence-corrected chi connectivity index (χ0v) is 12.2. The molecule has 1 amide bonds. The van der Waals surface area contributed by atoms with Gasteiger partial charge in [-0.1, -0.05) is 24.3 Å². The molecule has 0 fully saturated rings. The quantitative estimate of drug-likeness (QED) is 0.727. The largest absolute Gasteiger partial charge is 0.397 e. The number of rotatable bonds is 3. The first-order chi connectivity index (χ1) is 10.6. The van der Waals surface area contributed by atoms with Gasteiger partial charge in [0, 0.05) is 11.6 Å². The van der Waals surface area contributed by atoms with Crippen molar-refractivity contribution in [3.05, 3.63) is 59.9 Å². The number of aryl methyl sites for hydroxylation is 1. The number of para-hydroxylation sites is 1. The Morgan fingerprint density at radius 3 is 2.82 bits per heavy atom. The number of aromatic nitrogens is 2. The second-order valence-corrected chi connectivity index (χ2v) is 5.17. The van der Waals surface area contributed by atoms with Crippen LogP contribution in [0.25, 0.3) is 10.9 Å². The van der Waals surface area contributed by atoms with Crippen LogP contribution in [0.1, 0.15) is 11.3 Å². The van der Waals surface area contributed by atoms with E-state index < -0.39 is 0 Å². The molecule has 0 aliphatic rings. The summed E-state index contributed by atoms with van der Waals surface area (Å²) in [4.78, 5) is 20.7. The van der Waals surface area contributed by atoms with Crippen molar-refractivity contribution in [3.63, 3.8) is 0 Å². The highest BCUT2D eigenvalue weighted by atomic mass is 16.1. The van der Waals surface area contributed by atoms with Crippen molar-refractivity contribution in [1.82, 2.24) is 9.97 Å². The van der Waals surface area contributed by atoms with Crippen LogP contribution in [0.15, 0.2) is 48.7 Å². The highest BCUT2D eigenvalue weighted by Gasteiger charge is 2.08. The Kier molecular flexibility index (Phi) is 3.70. The molecule has 3 aromatic rings. The number of nitrogens with zero attached hydrogens (tertiary/aromatic N) is 2. The van der Waals surface area contributed by atoms with E-state index >= 15 is 0 Å². The Morgan fingerprint density at radius 2 is 2.05 bits per heavy atom. The number of benzene rings is 1. The number of amides is 1. The van der Waals surface area contributed by atoms with E-state index in [9.17, 15) is 4.79 Å². The van der Waals surface area contributed by atoms with E-state index in [-0.39, 0.29) is 12.3 Å². The fourth-order valence-corrected chi connectivity index (χ4v) is 2.20. The fourth-order valence-electron chi connectivity index (χ4n) is 2.20. The molecule has 0 radical (unpaired) electrons. The minimum atomic E-state index is -0.155. The minimum Gasteiger partial charge on any atom is -0.397 e. The summed E-state index contributed by atoms with van der Waals surface area (Å²) in [6.45, 7) is 1.95. The smallest absolute Gasteiger partial charge is 0.231 e. The minimum absolute atomic E-state index is 0.155. The van der Waals surface area contributed by atoms with Crippen molar-refractivity contribution >= 4 is 28.3 Å². The van der Waals surface area contributed by atoms with E-state index in [0.717, 1.165) is 16.5 Å². The molecular formula is C17H16N4O. The number of hydrogen-bond acceptors (Lipinski definition) is 4. The highest BCUT2D eigenvalue weighted by Crippen LogP contribution is 2.19. The summed E-state index contributed by atoms with van der Waals surface area (Å²) in [6.07, 6.45) is 1.89. The summed E-state index contributed by atoms with van der Waals surface area (Å²) in [5.74, 6) is 0.383. The van der Waals surface area contributed by atoms with Crippen LogP contribution in [-0.2, 0) is 11.2 Å². The van der Waals surface area contributed by atoms with Gasteiger partial charge in [-0.05, 0) is 30.7 Å². The Bertz CT molecular complexity index is 828. The zero-order chi connectivity index (χ0) is 15.5. The highest BCUT2D eigenvalue weighted by molar-refractivity contribution is 5.93. The first-order valence-electron chi connectivity index (χ1n) is 6.98. The number of carbonyl (C=O) groups excluding carboxylic acids is 1. The summed E-state index contributed by atoms with van der Waals surface area (Å²) in [7, 11) is 0. The standard InChI is InChI=1S/C17H16N4O/c1-11-5-8-15(19-10-11)21-16(22)9-13-7-6-12-3-2-4-14(18)17(12)20-13/h2-8,10H,9,18H2,1H3,(H,19,21,22). The number of nitrogen functional groups attached to an aromatic ring is 1. The molecule has 0 bridgehead atoms. The number of anilines is 2. The van der Waals surface area contributed by atoms with Gasteiger partial charge in [-0.15, -0.1) is 0 Å². The summed E-state index contributed by atoms with van der Waals surface area (Å²) in [5.41, 5.74) is 8.98. The Labute approximate surface area is 128 Å². The maximum atomic E-state index is 12.1. The van der Waals surface area contributed by atoms with Crippen LogP contribution in [0.4, 0.5) is 11.5 Å². The first kappa shape index (κ1) is 14.0. The van der Waals surface area contributed by atoms with E-state index in [1.54, 1.807) is 18.3 Å². The van der Waals surface area contributed by atoms with Crippen LogP contribution in [0, 0.1) is 6.92 Å². The molecule has 5 nitrogen and oxygen atoms in total. The van der Waals surface area contributed by atoms with E-state index in [4.69, 9.17) is 5.73 Å². The van der Waals surface area contributed by atoms with Gasteiger partial charge in [0.15, 0.2) is 0 Å². The Balaban J connectivity index is 1.76. The number of nitrogens with two attached hydrogens (primary N) is 1. The molecule has 5 heteroatoms. The van der Waals surface area contributed by atoms with Crippen LogP contribution in [-0.4, -0.2) is 15.9 Å². The topological polar surface area (TPSA) is 80.9 Å². The second-order valence-electron chi connectivity index (χ2n) is 5.17. The lowest BCUT2D eigenvalue weighted by Gasteiger charge is -2.06. The Hall–Kier alpha value is -2.95. The number of fused-ring (bicyclic) bond motifs is 1. The lowest BCUT2D eigenvalue weighted by molar-refractivity contribution is -0.115. The second kappa shape index (κ2) is 5.81. The molecule has 2 aromatic heterocycles. The molecule has 3 rings (SSSR count). The number of hydrogen-bond donors (Lipinski definition) is 2. The van der Waals surface area contributed by atoms with Gasteiger partial charge in [-0.25, -0.2) is 4.98 Å². The van der Waals surface area contributed by atoms with Crippen LogP contribution in [0.3, 0.4) is 0 Å². The third-order valence-corrected chi connectivity index (χ3v) is 3.33. The molecule has 0 atom stereocenters. The third-order valence-electron chi connectivity index (χ3n) is 3.33. The molecule has 3 N–H and O–H groups in total. The predicted molar refractivity (Wildman–Crippen MR) is 87.5 cm³/mol. The number of pyridine rings is 2. The summed E-state index contributed by atoms with van der Waals surface area (Å²) in [5, 5.41) is 3.72. The van der Waals surface area contributed by atoms with Gasteiger partial charge < -0.3 is 11.1 Å². The first-order valence-corrected chi connectivity index (χ1v) is 6.98. The van der Waals surface area contributed by atoms with Crippen LogP contribution >= 0.6 is 0 Å². The van der Waals surface area contributed by atoms with E-state index in [2.05, 4.69) is 15.3 Å². The van der Waals surface area contributed by atoms with Gasteiger partial charge in [-0.2, -0.15) is 0 Å². The van der Waals surface area contributed by atoms with Crippen LogP contribution < -0.4 is 11.1 Å². The van der Waals surface area contributed by atoms with Gasteiger partial charge in [0.2, 0.25) is 5.91 Å². The van der Waals surface area contributed by atoms with Gasteiger partial charge in [0.1, 0.15) is 5.82 Å². The fraction of sp³-hybridized carbons (Fsp3) is 0.118. The molecule has 1 aromatic carbocycles. The molecule has 0 spiro atoms. The molecule has 2 heterocycles. The number of carbonyl (C=O) groups is 1. The van der Waals surface area contributed by atoms with Gasteiger partial charge >= 0.3 is 0 Å². The lowest BCUT2D eigenvalue weighted by Crippen LogP contribution is -2.16. The normalized spacial score (nSPS) is 10.6. The zero-order valence-electron chi connectivity index (χ0n) is 12.2. The van der Waals surface area contributed by atoms with Crippen molar-refractivity contribution in [3.8, 4) is 0 Å². The summed E-state index contributed by atoms with van der Waals surface area (Å²) < 4.78 is 0. The molecule has 0 unspecified atom stereocenters. The van der Waals surface area contributed by atoms with Gasteiger partial charge in [0.25, 0.3) is 0 Å². The number of nitrogens with one attached hydrogen (secondary N) is 1. The maximum Gasteiger partial charge on any atom is 0.231 e. The predicted octanol–water partition coefficient (Wildman–Crippen LogP) is 2.70. The SMILES string of the molecule is Cc1ccc(NC(=O)Cc2ccc3cccc(N)c3n2)nc1. The third kappa shape index (κ3) is 3.03. The molecule has 0 aliphatic carbocycles. The Morgan fingerprint density at radius 1 is 1.18 bits per heavy atom. The molecule has 110 valence electrons. The van der Waals surface area contributed by atoms with E-state index in [1.165, 1.54) is 0 Å². The van der Waals surface area contributed by atoms with E-state index in [1.807, 2.05) is 37.3 Å². The summed E-state index contributed by atoms with van der Waals surface area (Å²) in [6, 6.07) is 13.1. The lowest BCUT2D eigenvalue weighted by atomic mass is 10.1. The van der Waals surface area contributed by atoms with Crippen molar-refractivity contribution < 1.29 is 4.79 Å². The van der Waals surface area contributed by atoms with Crippen molar-refractivity contribution in [2.45, 2.75) is 13.3 Å². The average Bonchev–Trinajstić information content (AvgIpc) is 2.50. The van der Waals surface area contributed by atoms with Gasteiger partial charge in [-0.3, -0.25) is 9.78 Å². The molecule has 0 saturated heterocycles.